The van der Waals surface area contributed by atoms with Crippen LogP contribution in [0.2, 0.25) is 0 Å². The largest absolute Gasteiger partial charge is 0.381 e. The lowest BCUT2D eigenvalue weighted by atomic mass is 9.88. The van der Waals surface area contributed by atoms with Gasteiger partial charge in [-0.15, -0.1) is 24.0 Å². The number of guanidine groups is 1. The summed E-state index contributed by atoms with van der Waals surface area (Å²) in [7, 11) is 0. The van der Waals surface area contributed by atoms with E-state index < -0.39 is 0 Å². The summed E-state index contributed by atoms with van der Waals surface area (Å²) in [6.45, 7) is 12.1. The molecule has 0 radical (unpaired) electrons. The summed E-state index contributed by atoms with van der Waals surface area (Å²) in [5, 5.41) is 14.9. The summed E-state index contributed by atoms with van der Waals surface area (Å²) in [6, 6.07) is 12.8. The van der Waals surface area contributed by atoms with E-state index in [0.717, 1.165) is 56.6 Å². The Hall–Kier alpha value is -1.65. The van der Waals surface area contributed by atoms with Crippen molar-refractivity contribution in [2.45, 2.75) is 64.6 Å². The number of hydrogen-bond donors (Lipinski definition) is 3. The van der Waals surface area contributed by atoms with Gasteiger partial charge in [0.25, 0.3) is 0 Å². The Bertz CT molecular complexity index is 819. The van der Waals surface area contributed by atoms with E-state index in [1.165, 1.54) is 5.56 Å². The number of halogens is 1. The molecule has 1 aliphatic rings. The molecular formula is C24H38IN5O2. The number of hydrogen-bond acceptors (Lipinski definition) is 5. The highest BCUT2D eigenvalue weighted by atomic mass is 127. The average Bonchev–Trinajstić information content (AvgIpc) is 3.26. The third-order valence-electron chi connectivity index (χ3n) is 5.77. The molecule has 0 aliphatic carbocycles. The monoisotopic (exact) mass is 555 g/mol. The number of ether oxygens (including phenoxy) is 1. The highest BCUT2D eigenvalue weighted by Gasteiger charge is 2.34. The second-order valence-electron chi connectivity index (χ2n) is 8.59. The predicted octanol–water partition coefficient (Wildman–Crippen LogP) is 4.37. The fourth-order valence-electron chi connectivity index (χ4n) is 3.85. The fraction of sp³-hybridized carbons (Fsp3) is 0.583. The first-order valence-corrected chi connectivity index (χ1v) is 11.4. The van der Waals surface area contributed by atoms with Gasteiger partial charge in [0.1, 0.15) is 6.54 Å². The van der Waals surface area contributed by atoms with Gasteiger partial charge in [-0.25, -0.2) is 4.99 Å². The predicted molar refractivity (Wildman–Crippen MR) is 140 cm³/mol. The lowest BCUT2D eigenvalue weighted by molar-refractivity contribution is 0.0355. The zero-order valence-corrected chi connectivity index (χ0v) is 22.0. The smallest absolute Gasteiger partial charge is 0.191 e. The maximum atomic E-state index is 5.66. The van der Waals surface area contributed by atoms with Crippen LogP contribution in [0.3, 0.4) is 0 Å². The minimum atomic E-state index is -0.0548. The van der Waals surface area contributed by atoms with Crippen molar-refractivity contribution in [3.8, 4) is 0 Å². The molecule has 2 heterocycles. The Balaban J connectivity index is 0.00000363. The average molecular weight is 556 g/mol. The van der Waals surface area contributed by atoms with Gasteiger partial charge in [-0.05, 0) is 38.2 Å². The van der Waals surface area contributed by atoms with E-state index in [9.17, 15) is 0 Å². The van der Waals surface area contributed by atoms with Crippen molar-refractivity contribution < 1.29 is 9.26 Å². The van der Waals surface area contributed by atoms with E-state index >= 15 is 0 Å². The molecule has 1 unspecified atom stereocenters. The van der Waals surface area contributed by atoms with Gasteiger partial charge in [0.05, 0.1) is 5.69 Å². The minimum Gasteiger partial charge on any atom is -0.381 e. The van der Waals surface area contributed by atoms with Crippen molar-refractivity contribution in [3.63, 3.8) is 0 Å². The number of rotatable bonds is 9. The van der Waals surface area contributed by atoms with Crippen molar-refractivity contribution in [1.29, 1.82) is 0 Å². The molecule has 3 rings (SSSR count). The molecule has 1 atom stereocenters. The molecule has 7 nitrogen and oxygen atoms in total. The van der Waals surface area contributed by atoms with Crippen LogP contribution < -0.4 is 16.0 Å². The molecular weight excluding hydrogens is 517 g/mol. The highest BCUT2D eigenvalue weighted by Crippen LogP contribution is 2.25. The van der Waals surface area contributed by atoms with E-state index in [1.807, 2.05) is 6.07 Å². The van der Waals surface area contributed by atoms with E-state index in [1.54, 1.807) is 0 Å². The summed E-state index contributed by atoms with van der Waals surface area (Å²) in [5.74, 6) is 1.90. The zero-order chi connectivity index (χ0) is 22.1. The maximum absolute atomic E-state index is 5.66. The van der Waals surface area contributed by atoms with Gasteiger partial charge in [-0.2, -0.15) is 0 Å². The second-order valence-corrected chi connectivity index (χ2v) is 8.59. The SMILES string of the molecule is CCNC(=NCc1cc(C(C)C)no1)NCC1(NC(C)c2ccccc2)CCOCC1.I. The van der Waals surface area contributed by atoms with Crippen molar-refractivity contribution in [1.82, 2.24) is 21.1 Å². The van der Waals surface area contributed by atoms with Crippen molar-refractivity contribution in [2.24, 2.45) is 4.99 Å². The van der Waals surface area contributed by atoms with Crippen LogP contribution in [0.25, 0.3) is 0 Å². The number of aliphatic imine (C=N–C) groups is 1. The summed E-state index contributed by atoms with van der Waals surface area (Å²) in [5.41, 5.74) is 2.20. The molecule has 1 aliphatic heterocycles. The minimum absolute atomic E-state index is 0. The molecule has 0 spiro atoms. The Labute approximate surface area is 209 Å². The fourth-order valence-corrected chi connectivity index (χ4v) is 3.85. The van der Waals surface area contributed by atoms with E-state index in [-0.39, 0.29) is 35.6 Å². The molecule has 0 bridgehead atoms. The first-order chi connectivity index (χ1) is 15.0. The van der Waals surface area contributed by atoms with Crippen molar-refractivity contribution in [3.05, 3.63) is 53.4 Å². The third-order valence-corrected chi connectivity index (χ3v) is 5.77. The molecule has 32 heavy (non-hydrogen) atoms. The van der Waals surface area contributed by atoms with Crippen LogP contribution in [0, 0.1) is 0 Å². The van der Waals surface area contributed by atoms with Crippen LogP contribution in [0.4, 0.5) is 0 Å². The summed E-state index contributed by atoms with van der Waals surface area (Å²) in [6.07, 6.45) is 1.91. The molecule has 2 aromatic rings. The Morgan fingerprint density at radius 2 is 1.84 bits per heavy atom. The molecule has 8 heteroatoms. The Morgan fingerprint density at radius 1 is 1.12 bits per heavy atom. The van der Waals surface area contributed by atoms with Gasteiger partial charge in [-0.3, -0.25) is 0 Å². The number of nitrogens with zero attached hydrogens (tertiary/aromatic N) is 2. The van der Waals surface area contributed by atoms with Gasteiger partial charge >= 0.3 is 0 Å². The molecule has 178 valence electrons. The van der Waals surface area contributed by atoms with Crippen LogP contribution in [-0.4, -0.2) is 43.0 Å². The number of nitrogens with one attached hydrogen (secondary N) is 3. The summed E-state index contributed by atoms with van der Waals surface area (Å²) < 4.78 is 11.1. The normalized spacial score (nSPS) is 17.0. The van der Waals surface area contributed by atoms with E-state index in [2.05, 4.69) is 79.1 Å². The molecule has 1 aromatic heterocycles. The van der Waals surface area contributed by atoms with Crippen LogP contribution >= 0.6 is 24.0 Å². The Kier molecular flexibility index (Phi) is 10.9. The second kappa shape index (κ2) is 13.2. The molecule has 1 saturated heterocycles. The molecule has 0 saturated carbocycles. The molecule has 1 fully saturated rings. The van der Waals surface area contributed by atoms with Gasteiger partial charge in [0.15, 0.2) is 11.7 Å². The standard InChI is InChI=1S/C24H37N5O2.HI/c1-5-25-23(26-16-21-15-22(18(2)3)29-31-21)27-17-24(11-13-30-14-12-24)28-19(4)20-9-7-6-8-10-20;/h6-10,15,18-19,28H,5,11-14,16-17H2,1-4H3,(H2,25,26,27);1H. The molecule has 1 aromatic carbocycles. The Morgan fingerprint density at radius 3 is 2.47 bits per heavy atom. The topological polar surface area (TPSA) is 83.7 Å². The van der Waals surface area contributed by atoms with Gasteiger partial charge in [-0.1, -0.05) is 49.3 Å². The first-order valence-electron chi connectivity index (χ1n) is 11.4. The third kappa shape index (κ3) is 7.74. The van der Waals surface area contributed by atoms with Crippen LogP contribution in [0.5, 0.6) is 0 Å². The number of aromatic nitrogens is 1. The zero-order valence-electron chi connectivity index (χ0n) is 19.7. The van der Waals surface area contributed by atoms with Crippen LogP contribution in [0.1, 0.15) is 69.5 Å². The van der Waals surface area contributed by atoms with Crippen LogP contribution in [0.15, 0.2) is 45.9 Å². The van der Waals surface area contributed by atoms with Crippen molar-refractivity contribution >= 4 is 29.9 Å². The first kappa shape index (κ1) is 26.6. The highest BCUT2D eigenvalue weighted by molar-refractivity contribution is 14.0. The van der Waals surface area contributed by atoms with Crippen LogP contribution in [-0.2, 0) is 11.3 Å². The quantitative estimate of drug-likeness (QED) is 0.242. The van der Waals surface area contributed by atoms with E-state index in [4.69, 9.17) is 14.3 Å². The number of benzene rings is 1. The van der Waals surface area contributed by atoms with Gasteiger partial charge in [0, 0.05) is 44.0 Å². The van der Waals surface area contributed by atoms with Gasteiger partial charge in [0.2, 0.25) is 0 Å². The summed E-state index contributed by atoms with van der Waals surface area (Å²) in [4.78, 5) is 4.71. The van der Waals surface area contributed by atoms with Gasteiger partial charge < -0.3 is 25.2 Å². The maximum Gasteiger partial charge on any atom is 0.191 e. The lowest BCUT2D eigenvalue weighted by Gasteiger charge is -2.41. The molecule has 3 N–H and O–H groups in total. The van der Waals surface area contributed by atoms with Crippen molar-refractivity contribution in [2.75, 3.05) is 26.3 Å². The summed E-state index contributed by atoms with van der Waals surface area (Å²) >= 11 is 0. The lowest BCUT2D eigenvalue weighted by Crippen LogP contribution is -2.58. The molecule has 0 amide bonds. The van der Waals surface area contributed by atoms with E-state index in [0.29, 0.717) is 12.5 Å².